The van der Waals surface area contributed by atoms with E-state index in [9.17, 15) is 9.90 Å². The van der Waals surface area contributed by atoms with Gasteiger partial charge >= 0.3 is 5.97 Å². The Morgan fingerprint density at radius 3 is 3.05 bits per heavy atom. The van der Waals surface area contributed by atoms with Crippen LogP contribution in [0.3, 0.4) is 0 Å². The SMILES string of the molecule is COC(=O)/C=C/C1C[C@]2(CO)O[C@@H](C[C@@H](N)C#N)CC[C@@H]2O1. The lowest BCUT2D eigenvalue weighted by Crippen LogP contribution is -2.51. The predicted octanol–water partition coefficient (Wildman–Crippen LogP) is 0.0242. The summed E-state index contributed by atoms with van der Waals surface area (Å²) in [6.45, 7) is -0.168. The smallest absolute Gasteiger partial charge is 0.330 e. The maximum Gasteiger partial charge on any atom is 0.330 e. The molecular formula is C15H22N2O5. The summed E-state index contributed by atoms with van der Waals surface area (Å²) in [7, 11) is 1.31. The van der Waals surface area contributed by atoms with Crippen molar-refractivity contribution in [2.24, 2.45) is 5.73 Å². The number of carbonyl (C=O) groups is 1. The highest BCUT2D eigenvalue weighted by Crippen LogP contribution is 2.42. The molecule has 2 aliphatic rings. The van der Waals surface area contributed by atoms with Crippen LogP contribution in [0, 0.1) is 11.3 Å². The van der Waals surface area contributed by atoms with Crippen LogP contribution in [0.2, 0.25) is 0 Å². The summed E-state index contributed by atoms with van der Waals surface area (Å²) in [5, 5.41) is 18.6. The van der Waals surface area contributed by atoms with Gasteiger partial charge < -0.3 is 25.1 Å². The predicted molar refractivity (Wildman–Crippen MR) is 76.6 cm³/mol. The van der Waals surface area contributed by atoms with Crippen molar-refractivity contribution in [3.05, 3.63) is 12.2 Å². The minimum Gasteiger partial charge on any atom is -0.466 e. The number of rotatable bonds is 5. The third-order valence-electron chi connectivity index (χ3n) is 4.22. The van der Waals surface area contributed by atoms with Crippen molar-refractivity contribution < 1.29 is 24.1 Å². The van der Waals surface area contributed by atoms with Crippen LogP contribution >= 0.6 is 0 Å². The molecule has 2 rings (SSSR count). The highest BCUT2D eigenvalue weighted by molar-refractivity contribution is 5.81. The average molecular weight is 310 g/mol. The van der Waals surface area contributed by atoms with Crippen LogP contribution in [0.25, 0.3) is 0 Å². The van der Waals surface area contributed by atoms with Gasteiger partial charge in [0, 0.05) is 18.9 Å². The molecule has 0 aromatic rings. The van der Waals surface area contributed by atoms with Crippen molar-refractivity contribution in [1.82, 2.24) is 0 Å². The molecular weight excluding hydrogens is 288 g/mol. The standard InChI is InChI=1S/C15H22N2O5/c1-20-14(19)5-3-12-7-15(9-18)13(21-12)4-2-11(22-15)6-10(17)8-16/h3,5,10-13,18H,2,4,6-7,9,17H2,1H3/b5-3+/t10-,11-,12?,13+,15-/m1/s1. The summed E-state index contributed by atoms with van der Waals surface area (Å²) in [5.74, 6) is -0.449. The van der Waals surface area contributed by atoms with Crippen molar-refractivity contribution in [1.29, 1.82) is 5.26 Å². The van der Waals surface area contributed by atoms with Gasteiger partial charge in [0.1, 0.15) is 5.60 Å². The first kappa shape index (κ1) is 16.9. The van der Waals surface area contributed by atoms with Crippen LogP contribution in [0.4, 0.5) is 0 Å². The molecule has 5 atom stereocenters. The Bertz CT molecular complexity index is 475. The normalized spacial score (nSPS) is 35.8. The van der Waals surface area contributed by atoms with Gasteiger partial charge in [-0.1, -0.05) is 0 Å². The van der Waals surface area contributed by atoms with Crippen molar-refractivity contribution in [2.45, 2.75) is 55.6 Å². The molecule has 1 unspecified atom stereocenters. The second kappa shape index (κ2) is 7.20. The van der Waals surface area contributed by atoms with Gasteiger partial charge in [0.2, 0.25) is 0 Å². The van der Waals surface area contributed by atoms with E-state index in [0.29, 0.717) is 12.8 Å². The zero-order valence-electron chi connectivity index (χ0n) is 12.6. The zero-order chi connectivity index (χ0) is 16.2. The summed E-state index contributed by atoms with van der Waals surface area (Å²) in [6.07, 6.45) is 4.61. The second-order valence-corrected chi connectivity index (χ2v) is 5.76. The summed E-state index contributed by atoms with van der Waals surface area (Å²) >= 11 is 0. The molecule has 22 heavy (non-hydrogen) atoms. The number of hydrogen-bond donors (Lipinski definition) is 2. The van der Waals surface area contributed by atoms with Crippen LogP contribution in [0.1, 0.15) is 25.7 Å². The van der Waals surface area contributed by atoms with Crippen molar-refractivity contribution in [3.63, 3.8) is 0 Å². The van der Waals surface area contributed by atoms with E-state index in [1.807, 2.05) is 6.07 Å². The molecule has 2 aliphatic heterocycles. The monoisotopic (exact) mass is 310 g/mol. The lowest BCUT2D eigenvalue weighted by Gasteiger charge is -2.41. The summed E-state index contributed by atoms with van der Waals surface area (Å²) in [6, 6.07) is 1.42. The maximum absolute atomic E-state index is 11.1. The molecule has 0 amide bonds. The van der Waals surface area contributed by atoms with Gasteiger partial charge in [-0.2, -0.15) is 5.26 Å². The number of aliphatic hydroxyl groups excluding tert-OH is 1. The molecule has 0 saturated carbocycles. The molecule has 3 N–H and O–H groups in total. The summed E-state index contributed by atoms with van der Waals surface area (Å²) in [5.41, 5.74) is 4.86. The van der Waals surface area contributed by atoms with Gasteiger partial charge in [-0.05, 0) is 18.9 Å². The Kier molecular flexibility index (Phi) is 5.53. The Morgan fingerprint density at radius 1 is 1.64 bits per heavy atom. The highest BCUT2D eigenvalue weighted by atomic mass is 16.6. The number of hydrogen-bond acceptors (Lipinski definition) is 7. The number of esters is 1. The highest BCUT2D eigenvalue weighted by Gasteiger charge is 2.52. The molecule has 0 aromatic carbocycles. The number of aliphatic hydroxyl groups is 1. The second-order valence-electron chi connectivity index (χ2n) is 5.76. The first-order valence-corrected chi connectivity index (χ1v) is 7.38. The van der Waals surface area contributed by atoms with E-state index >= 15 is 0 Å². The van der Waals surface area contributed by atoms with E-state index in [2.05, 4.69) is 4.74 Å². The van der Waals surface area contributed by atoms with Gasteiger partial charge in [0.25, 0.3) is 0 Å². The molecule has 0 bridgehead atoms. The van der Waals surface area contributed by atoms with E-state index in [0.717, 1.165) is 12.8 Å². The van der Waals surface area contributed by atoms with Crippen LogP contribution < -0.4 is 5.73 Å². The molecule has 0 aromatic heterocycles. The van der Waals surface area contributed by atoms with Crippen molar-refractivity contribution >= 4 is 5.97 Å². The molecule has 7 nitrogen and oxygen atoms in total. The van der Waals surface area contributed by atoms with E-state index < -0.39 is 17.6 Å². The molecule has 0 spiro atoms. The van der Waals surface area contributed by atoms with Gasteiger partial charge in [-0.25, -0.2) is 4.79 Å². The van der Waals surface area contributed by atoms with E-state index in [1.165, 1.54) is 13.2 Å². The number of nitriles is 1. The number of nitrogens with zero attached hydrogens (tertiary/aromatic N) is 1. The number of ether oxygens (including phenoxy) is 3. The van der Waals surface area contributed by atoms with E-state index in [4.69, 9.17) is 20.5 Å². The summed E-state index contributed by atoms with van der Waals surface area (Å²) in [4.78, 5) is 11.1. The molecule has 0 aliphatic carbocycles. The topological polar surface area (TPSA) is 115 Å². The van der Waals surface area contributed by atoms with Crippen molar-refractivity contribution in [3.8, 4) is 6.07 Å². The number of carbonyl (C=O) groups excluding carboxylic acids is 1. The zero-order valence-corrected chi connectivity index (χ0v) is 12.6. The molecule has 0 radical (unpaired) electrons. The van der Waals surface area contributed by atoms with Crippen molar-refractivity contribution in [2.75, 3.05) is 13.7 Å². The molecule has 2 saturated heterocycles. The third-order valence-corrected chi connectivity index (χ3v) is 4.22. The quantitative estimate of drug-likeness (QED) is 0.543. The first-order chi connectivity index (χ1) is 10.5. The van der Waals surface area contributed by atoms with Gasteiger partial charge in [-0.3, -0.25) is 0 Å². The first-order valence-electron chi connectivity index (χ1n) is 7.38. The molecule has 122 valence electrons. The minimum atomic E-state index is -0.788. The van der Waals surface area contributed by atoms with Crippen LogP contribution in [0.5, 0.6) is 0 Å². The van der Waals surface area contributed by atoms with E-state index in [-0.39, 0.29) is 24.9 Å². The fourth-order valence-electron chi connectivity index (χ4n) is 3.11. The van der Waals surface area contributed by atoms with Gasteiger partial charge in [-0.15, -0.1) is 0 Å². The average Bonchev–Trinajstić information content (AvgIpc) is 2.90. The fourth-order valence-corrected chi connectivity index (χ4v) is 3.11. The van der Waals surface area contributed by atoms with Gasteiger partial charge in [0.15, 0.2) is 0 Å². The van der Waals surface area contributed by atoms with Crippen LogP contribution in [-0.2, 0) is 19.0 Å². The largest absolute Gasteiger partial charge is 0.466 e. The number of fused-ring (bicyclic) bond motifs is 1. The summed E-state index contributed by atoms with van der Waals surface area (Å²) < 4.78 is 16.4. The Morgan fingerprint density at radius 2 is 2.41 bits per heavy atom. The third kappa shape index (κ3) is 3.65. The Labute approximate surface area is 129 Å². The Hall–Kier alpha value is -1.46. The fraction of sp³-hybridized carbons (Fsp3) is 0.733. The number of methoxy groups -OCH3 is 1. The molecule has 2 heterocycles. The number of nitrogens with two attached hydrogens (primary N) is 1. The van der Waals surface area contributed by atoms with E-state index in [1.54, 1.807) is 6.08 Å². The molecule has 2 fully saturated rings. The maximum atomic E-state index is 11.1. The van der Waals surface area contributed by atoms with Gasteiger partial charge in [0.05, 0.1) is 44.1 Å². The van der Waals surface area contributed by atoms with Crippen LogP contribution in [0.15, 0.2) is 12.2 Å². The lowest BCUT2D eigenvalue weighted by molar-refractivity contribution is -0.183. The Balaban J connectivity index is 2.01. The van der Waals surface area contributed by atoms with Crippen LogP contribution in [-0.4, -0.2) is 54.7 Å². The lowest BCUT2D eigenvalue weighted by atomic mass is 9.86. The minimum absolute atomic E-state index is 0.162. The molecule has 7 heteroatoms.